The van der Waals surface area contributed by atoms with Gasteiger partial charge in [-0.1, -0.05) is 52.9 Å². The number of carbonyl (C=O) groups excluding carboxylic acids is 3. The van der Waals surface area contributed by atoms with Crippen molar-refractivity contribution in [2.45, 2.75) is 48.4 Å². The quantitative estimate of drug-likeness (QED) is 0.249. The summed E-state index contributed by atoms with van der Waals surface area (Å²) in [6, 6.07) is 20.5. The molecule has 244 valence electrons. The molecule has 11 nitrogen and oxygen atoms in total. The van der Waals surface area contributed by atoms with Crippen molar-refractivity contribution >= 4 is 67.9 Å². The monoisotopic (exact) mass is 691 g/mol. The SMILES string of the molecule is CCN(CC)c1ccc(C2c3sc(=O)n(CC(=O)Nc4ccc(S(N)(=O)=O)cc4)c3SC3C(=O)N(c4ccc(C)cc4)C(=O)C32)cc1. The van der Waals surface area contributed by atoms with Crippen LogP contribution in [0.3, 0.4) is 0 Å². The third-order valence-electron chi connectivity index (χ3n) is 8.49. The molecule has 3 aromatic carbocycles. The van der Waals surface area contributed by atoms with Crippen LogP contribution in [0.5, 0.6) is 0 Å². The van der Waals surface area contributed by atoms with Crippen LogP contribution in [0, 0.1) is 12.8 Å². The third-order valence-corrected chi connectivity index (χ3v) is 12.0. The van der Waals surface area contributed by atoms with Crippen molar-refractivity contribution in [2.24, 2.45) is 11.1 Å². The number of primary sulfonamides is 1. The van der Waals surface area contributed by atoms with Crippen molar-refractivity contribution in [2.75, 3.05) is 28.2 Å². The highest BCUT2D eigenvalue weighted by molar-refractivity contribution is 8.00. The standard InChI is InChI=1S/C33H33N5O6S3/c1-4-36(5-2)22-14-8-20(9-15-22)26-27-28(31(41)38(30(27)40)23-12-6-19(3)7-13-23)45-32-29(26)46-33(42)37(32)18-25(39)35-21-10-16-24(17-11-21)47(34,43)44/h6-17,26-28H,4-5,18H2,1-3H3,(H,35,39)(H2,34,43,44). The molecule has 3 atom stereocenters. The van der Waals surface area contributed by atoms with Crippen LogP contribution in [0.2, 0.25) is 0 Å². The number of thiazole rings is 1. The molecular weight excluding hydrogens is 659 g/mol. The van der Waals surface area contributed by atoms with Gasteiger partial charge < -0.3 is 10.2 Å². The Morgan fingerprint density at radius 1 is 0.915 bits per heavy atom. The molecule has 47 heavy (non-hydrogen) atoms. The molecule has 0 bridgehead atoms. The minimum Gasteiger partial charge on any atom is -0.372 e. The van der Waals surface area contributed by atoms with Gasteiger partial charge in [0.25, 0.3) is 0 Å². The van der Waals surface area contributed by atoms with Crippen LogP contribution in [0.4, 0.5) is 17.1 Å². The molecule has 0 saturated carbocycles. The van der Waals surface area contributed by atoms with Crippen molar-refractivity contribution in [1.82, 2.24) is 4.57 Å². The molecule has 3 unspecified atom stereocenters. The molecule has 3 N–H and O–H groups in total. The molecular formula is C33H33N5O6S3. The number of nitrogens with one attached hydrogen (secondary N) is 1. The van der Waals surface area contributed by atoms with Crippen LogP contribution >= 0.6 is 23.1 Å². The molecule has 2 aliphatic heterocycles. The summed E-state index contributed by atoms with van der Waals surface area (Å²) in [5.41, 5.74) is 3.64. The highest BCUT2D eigenvalue weighted by Crippen LogP contribution is 2.54. The van der Waals surface area contributed by atoms with Crippen molar-refractivity contribution in [3.05, 3.63) is 98.5 Å². The average Bonchev–Trinajstić information content (AvgIpc) is 3.48. The van der Waals surface area contributed by atoms with Gasteiger partial charge in [0, 0.05) is 35.3 Å². The summed E-state index contributed by atoms with van der Waals surface area (Å²) in [7, 11) is -3.90. The lowest BCUT2D eigenvalue weighted by Crippen LogP contribution is -2.33. The number of hydrogen-bond acceptors (Lipinski definition) is 9. The number of rotatable bonds is 9. The predicted molar refractivity (Wildman–Crippen MR) is 184 cm³/mol. The molecule has 3 heterocycles. The zero-order valence-electron chi connectivity index (χ0n) is 25.9. The predicted octanol–water partition coefficient (Wildman–Crippen LogP) is 4.15. The van der Waals surface area contributed by atoms with Gasteiger partial charge in [-0.3, -0.25) is 23.7 Å². The topological polar surface area (TPSA) is 152 Å². The van der Waals surface area contributed by atoms with Gasteiger partial charge in [0.2, 0.25) is 27.7 Å². The minimum absolute atomic E-state index is 0.101. The number of benzene rings is 3. The smallest absolute Gasteiger partial charge is 0.308 e. The summed E-state index contributed by atoms with van der Waals surface area (Å²) in [4.78, 5) is 58.4. The van der Waals surface area contributed by atoms with E-state index in [-0.39, 0.29) is 28.1 Å². The average molecular weight is 692 g/mol. The zero-order chi connectivity index (χ0) is 33.6. The maximum Gasteiger partial charge on any atom is 0.308 e. The number of carbonyl (C=O) groups is 3. The van der Waals surface area contributed by atoms with Gasteiger partial charge in [0.05, 0.1) is 21.5 Å². The second-order valence-electron chi connectivity index (χ2n) is 11.4. The second kappa shape index (κ2) is 12.8. The normalized spacial score (nSPS) is 19.0. The largest absolute Gasteiger partial charge is 0.372 e. The molecule has 3 amide bonds. The van der Waals surface area contributed by atoms with E-state index in [2.05, 4.69) is 24.1 Å². The molecule has 4 aromatic rings. The van der Waals surface area contributed by atoms with Crippen LogP contribution < -0.4 is 25.1 Å². The lowest BCUT2D eigenvalue weighted by atomic mass is 9.83. The number of amides is 3. The molecule has 0 spiro atoms. The van der Waals surface area contributed by atoms with Crippen LogP contribution in [-0.4, -0.2) is 49.0 Å². The summed E-state index contributed by atoms with van der Waals surface area (Å²) in [6.45, 7) is 7.38. The van der Waals surface area contributed by atoms with Gasteiger partial charge in [0.15, 0.2) is 0 Å². The van der Waals surface area contributed by atoms with Gasteiger partial charge >= 0.3 is 4.87 Å². The van der Waals surface area contributed by atoms with Crippen LogP contribution in [-0.2, 0) is 31.0 Å². The van der Waals surface area contributed by atoms with E-state index in [1.54, 1.807) is 12.1 Å². The van der Waals surface area contributed by atoms with E-state index in [9.17, 15) is 27.6 Å². The van der Waals surface area contributed by atoms with E-state index in [0.29, 0.717) is 21.3 Å². The highest BCUT2D eigenvalue weighted by Gasteiger charge is 2.56. The molecule has 1 aromatic heterocycles. The number of nitrogens with two attached hydrogens (primary N) is 1. The van der Waals surface area contributed by atoms with E-state index in [0.717, 1.165) is 53.0 Å². The number of aromatic nitrogens is 1. The number of nitrogens with zero attached hydrogens (tertiary/aromatic N) is 3. The molecule has 2 aliphatic rings. The van der Waals surface area contributed by atoms with Gasteiger partial charge in [-0.25, -0.2) is 18.5 Å². The minimum atomic E-state index is -3.90. The Morgan fingerprint density at radius 2 is 1.55 bits per heavy atom. The Morgan fingerprint density at radius 3 is 2.15 bits per heavy atom. The molecule has 0 radical (unpaired) electrons. The van der Waals surface area contributed by atoms with Gasteiger partial charge in [-0.2, -0.15) is 0 Å². The maximum absolute atomic E-state index is 14.1. The zero-order valence-corrected chi connectivity index (χ0v) is 28.3. The summed E-state index contributed by atoms with van der Waals surface area (Å²) < 4.78 is 24.5. The van der Waals surface area contributed by atoms with Gasteiger partial charge in [-0.15, -0.1) is 0 Å². The first-order valence-electron chi connectivity index (χ1n) is 15.0. The number of aryl methyl sites for hydroxylation is 1. The lowest BCUT2D eigenvalue weighted by Gasteiger charge is -2.31. The van der Waals surface area contributed by atoms with Crippen molar-refractivity contribution in [3.63, 3.8) is 0 Å². The fraction of sp³-hybridized carbons (Fsp3) is 0.273. The third kappa shape index (κ3) is 6.13. The second-order valence-corrected chi connectivity index (χ2v) is 15.1. The first kappa shape index (κ1) is 32.7. The maximum atomic E-state index is 14.1. The number of hydrogen-bond donors (Lipinski definition) is 2. The number of fused-ring (bicyclic) bond motifs is 2. The van der Waals surface area contributed by atoms with Crippen LogP contribution in [0.15, 0.2) is 87.5 Å². The van der Waals surface area contributed by atoms with E-state index in [1.165, 1.54) is 33.7 Å². The first-order valence-corrected chi connectivity index (χ1v) is 18.3. The fourth-order valence-electron chi connectivity index (χ4n) is 6.12. The first-order chi connectivity index (χ1) is 22.4. The van der Waals surface area contributed by atoms with Crippen LogP contribution in [0.1, 0.15) is 35.8 Å². The molecule has 1 fully saturated rings. The summed E-state index contributed by atoms with van der Waals surface area (Å²) in [5.74, 6) is -2.55. The van der Waals surface area contributed by atoms with Crippen molar-refractivity contribution < 1.29 is 22.8 Å². The Bertz CT molecular complexity index is 2020. The van der Waals surface area contributed by atoms with Crippen LogP contribution in [0.25, 0.3) is 0 Å². The Labute approximate surface area is 280 Å². The van der Waals surface area contributed by atoms with E-state index in [1.807, 2.05) is 43.3 Å². The Hall–Kier alpha value is -4.24. The highest BCUT2D eigenvalue weighted by atomic mass is 32.2. The van der Waals surface area contributed by atoms with E-state index >= 15 is 0 Å². The summed E-state index contributed by atoms with van der Waals surface area (Å²) in [6.07, 6.45) is 0. The number of thioether (sulfide) groups is 1. The number of sulfonamides is 1. The number of anilines is 3. The van der Waals surface area contributed by atoms with E-state index < -0.39 is 33.0 Å². The Balaban J connectivity index is 1.38. The van der Waals surface area contributed by atoms with Gasteiger partial charge in [0.1, 0.15) is 11.8 Å². The van der Waals surface area contributed by atoms with Crippen molar-refractivity contribution in [3.8, 4) is 0 Å². The summed E-state index contributed by atoms with van der Waals surface area (Å²) >= 11 is 2.12. The molecule has 14 heteroatoms. The summed E-state index contributed by atoms with van der Waals surface area (Å²) in [5, 5.41) is 7.52. The fourth-order valence-corrected chi connectivity index (χ4v) is 9.40. The van der Waals surface area contributed by atoms with Crippen molar-refractivity contribution in [1.29, 1.82) is 0 Å². The molecule has 6 rings (SSSR count). The lowest BCUT2D eigenvalue weighted by molar-refractivity contribution is -0.122. The van der Waals surface area contributed by atoms with Gasteiger partial charge in [-0.05, 0) is 74.9 Å². The molecule has 1 saturated heterocycles. The Kier molecular flexibility index (Phi) is 8.87. The molecule has 0 aliphatic carbocycles. The number of imide groups is 1. The van der Waals surface area contributed by atoms with E-state index in [4.69, 9.17) is 5.14 Å².